The molecule has 0 saturated carbocycles. The molecule has 1 heterocycles. The maximum absolute atomic E-state index is 12.0. The van der Waals surface area contributed by atoms with Crippen molar-refractivity contribution in [3.8, 4) is 5.75 Å². The predicted octanol–water partition coefficient (Wildman–Crippen LogP) is 2.53. The van der Waals surface area contributed by atoms with Crippen LogP contribution in [0.3, 0.4) is 0 Å². The first-order valence-corrected chi connectivity index (χ1v) is 9.96. The number of likely N-dealkylation sites (tertiary alicyclic amines) is 1. The molecule has 1 fully saturated rings. The van der Waals surface area contributed by atoms with Crippen LogP contribution < -0.4 is 20.7 Å². The maximum atomic E-state index is 12.0. The number of benzene rings is 1. The van der Waals surface area contributed by atoms with E-state index in [9.17, 15) is 4.79 Å². The minimum Gasteiger partial charge on any atom is -0.497 e. The smallest absolute Gasteiger partial charge is 0.239 e. The quantitative estimate of drug-likeness (QED) is 0.295. The van der Waals surface area contributed by atoms with Gasteiger partial charge in [-0.15, -0.1) is 24.0 Å². The zero-order valence-electron chi connectivity index (χ0n) is 18.2. The molecule has 0 spiro atoms. The highest BCUT2D eigenvalue weighted by Crippen LogP contribution is 2.26. The van der Waals surface area contributed by atoms with Gasteiger partial charge in [-0.25, -0.2) is 0 Å². The molecule has 7 nitrogen and oxygen atoms in total. The van der Waals surface area contributed by atoms with Crippen molar-refractivity contribution in [2.45, 2.75) is 45.2 Å². The first-order valence-electron chi connectivity index (χ1n) is 9.96. The van der Waals surface area contributed by atoms with Gasteiger partial charge in [0.25, 0.3) is 0 Å². The third-order valence-corrected chi connectivity index (χ3v) is 4.70. The van der Waals surface area contributed by atoms with Gasteiger partial charge in [-0.3, -0.25) is 14.7 Å². The molecule has 1 saturated heterocycles. The summed E-state index contributed by atoms with van der Waals surface area (Å²) in [6.45, 7) is 8.99. The van der Waals surface area contributed by atoms with E-state index in [1.165, 1.54) is 18.4 Å². The normalized spacial score (nSPS) is 16.0. The zero-order valence-corrected chi connectivity index (χ0v) is 20.6. The Bertz CT molecular complexity index is 652. The van der Waals surface area contributed by atoms with E-state index >= 15 is 0 Å². The fraction of sp³-hybridized carbons (Fsp3) is 0.619. The molecular formula is C21H36IN5O2. The van der Waals surface area contributed by atoms with Crippen LogP contribution in [0.25, 0.3) is 0 Å². The molecule has 164 valence electrons. The van der Waals surface area contributed by atoms with E-state index in [2.05, 4.69) is 38.0 Å². The van der Waals surface area contributed by atoms with Crippen LogP contribution in [0.2, 0.25) is 0 Å². The lowest BCUT2D eigenvalue weighted by Crippen LogP contribution is -2.49. The standard InChI is InChI=1S/C21H35N5O2.HI/c1-21(2,3)25-19(27)15-24-20(22-4)23-14-18(26-12-6-7-13-26)16-8-10-17(28-5)11-9-16;/h8-11,18H,6-7,12-15H2,1-5H3,(H,25,27)(H2,22,23,24);1H. The summed E-state index contributed by atoms with van der Waals surface area (Å²) >= 11 is 0. The van der Waals surface area contributed by atoms with E-state index in [1.54, 1.807) is 14.2 Å². The van der Waals surface area contributed by atoms with Gasteiger partial charge in [0, 0.05) is 19.1 Å². The van der Waals surface area contributed by atoms with Gasteiger partial charge in [0.05, 0.1) is 19.7 Å². The van der Waals surface area contributed by atoms with Crippen molar-refractivity contribution in [1.29, 1.82) is 0 Å². The maximum Gasteiger partial charge on any atom is 0.239 e. The predicted molar refractivity (Wildman–Crippen MR) is 129 cm³/mol. The Morgan fingerprint density at radius 2 is 1.79 bits per heavy atom. The zero-order chi connectivity index (χ0) is 20.6. The highest BCUT2D eigenvalue weighted by atomic mass is 127. The molecule has 1 unspecified atom stereocenters. The molecule has 3 N–H and O–H groups in total. The van der Waals surface area contributed by atoms with Gasteiger partial charge in [-0.2, -0.15) is 0 Å². The first kappa shape index (κ1) is 25.5. The summed E-state index contributed by atoms with van der Waals surface area (Å²) < 4.78 is 5.28. The van der Waals surface area contributed by atoms with Gasteiger partial charge in [0.1, 0.15) is 5.75 Å². The number of carbonyl (C=O) groups excluding carboxylic acids is 1. The number of ether oxygens (including phenoxy) is 1. The van der Waals surface area contributed by atoms with Crippen LogP contribution in [0.4, 0.5) is 0 Å². The Morgan fingerprint density at radius 1 is 1.17 bits per heavy atom. The first-order chi connectivity index (χ1) is 13.3. The van der Waals surface area contributed by atoms with Crippen LogP contribution in [-0.4, -0.2) is 62.6 Å². The molecule has 1 aromatic carbocycles. The van der Waals surface area contributed by atoms with Gasteiger partial charge >= 0.3 is 0 Å². The number of hydrogen-bond donors (Lipinski definition) is 3. The van der Waals surface area contributed by atoms with Crippen molar-refractivity contribution < 1.29 is 9.53 Å². The number of guanidine groups is 1. The molecule has 1 amide bonds. The minimum absolute atomic E-state index is 0. The van der Waals surface area contributed by atoms with E-state index < -0.39 is 0 Å². The van der Waals surface area contributed by atoms with Crippen LogP contribution >= 0.6 is 24.0 Å². The van der Waals surface area contributed by atoms with E-state index in [0.29, 0.717) is 12.5 Å². The summed E-state index contributed by atoms with van der Waals surface area (Å²) in [6, 6.07) is 8.49. The van der Waals surface area contributed by atoms with Gasteiger partial charge in [-0.05, 0) is 64.4 Å². The molecule has 1 aliphatic rings. The second kappa shape index (κ2) is 12.2. The van der Waals surface area contributed by atoms with E-state index in [4.69, 9.17) is 4.74 Å². The fourth-order valence-electron chi connectivity index (χ4n) is 3.38. The number of aliphatic imine (C=N–C) groups is 1. The Hall–Kier alpha value is -1.55. The van der Waals surface area contributed by atoms with E-state index in [-0.39, 0.29) is 48.0 Å². The Labute approximate surface area is 192 Å². The van der Waals surface area contributed by atoms with Gasteiger partial charge in [0.2, 0.25) is 5.91 Å². The highest BCUT2D eigenvalue weighted by Gasteiger charge is 2.24. The molecule has 0 bridgehead atoms. The van der Waals surface area contributed by atoms with Crippen LogP contribution in [0.15, 0.2) is 29.3 Å². The molecule has 1 aromatic rings. The van der Waals surface area contributed by atoms with Crippen molar-refractivity contribution >= 4 is 35.8 Å². The van der Waals surface area contributed by atoms with Crippen LogP contribution in [0.5, 0.6) is 5.75 Å². The molecular weight excluding hydrogens is 481 g/mol. The second-order valence-electron chi connectivity index (χ2n) is 8.14. The van der Waals surface area contributed by atoms with E-state index in [0.717, 1.165) is 18.8 Å². The Balaban J connectivity index is 0.00000420. The van der Waals surface area contributed by atoms with Gasteiger partial charge in [-0.1, -0.05) is 12.1 Å². The van der Waals surface area contributed by atoms with Gasteiger partial charge < -0.3 is 20.7 Å². The fourth-order valence-corrected chi connectivity index (χ4v) is 3.38. The number of nitrogens with one attached hydrogen (secondary N) is 3. The number of amides is 1. The highest BCUT2D eigenvalue weighted by molar-refractivity contribution is 14.0. The Morgan fingerprint density at radius 3 is 2.31 bits per heavy atom. The van der Waals surface area contributed by atoms with E-state index in [1.807, 2.05) is 32.9 Å². The molecule has 2 rings (SSSR count). The number of nitrogens with zero attached hydrogens (tertiary/aromatic N) is 2. The van der Waals surface area contributed by atoms with Crippen molar-refractivity contribution in [3.05, 3.63) is 29.8 Å². The average molecular weight is 517 g/mol. The lowest BCUT2D eigenvalue weighted by molar-refractivity contribution is -0.121. The lowest BCUT2D eigenvalue weighted by Gasteiger charge is -2.29. The summed E-state index contributed by atoms with van der Waals surface area (Å²) in [5.41, 5.74) is 1.00. The molecule has 1 aliphatic heterocycles. The average Bonchev–Trinajstić information content (AvgIpc) is 3.18. The third-order valence-electron chi connectivity index (χ3n) is 4.70. The molecule has 29 heavy (non-hydrogen) atoms. The van der Waals surface area contributed by atoms with Crippen LogP contribution in [-0.2, 0) is 4.79 Å². The summed E-state index contributed by atoms with van der Waals surface area (Å²) in [6.07, 6.45) is 2.46. The van der Waals surface area contributed by atoms with Crippen molar-refractivity contribution in [3.63, 3.8) is 0 Å². The molecule has 0 aromatic heterocycles. The molecule has 0 aliphatic carbocycles. The van der Waals surface area contributed by atoms with Gasteiger partial charge in [0.15, 0.2) is 5.96 Å². The summed E-state index contributed by atoms with van der Waals surface area (Å²) in [7, 11) is 3.40. The molecule has 0 radical (unpaired) electrons. The largest absolute Gasteiger partial charge is 0.497 e. The Kier molecular flexibility index (Phi) is 10.7. The molecule has 1 atom stereocenters. The number of methoxy groups -OCH3 is 1. The van der Waals surface area contributed by atoms with Crippen molar-refractivity contribution in [2.24, 2.45) is 4.99 Å². The summed E-state index contributed by atoms with van der Waals surface area (Å²) in [5.74, 6) is 1.43. The summed E-state index contributed by atoms with van der Waals surface area (Å²) in [4.78, 5) is 18.8. The minimum atomic E-state index is -0.245. The third kappa shape index (κ3) is 8.77. The van der Waals surface area contributed by atoms with Crippen molar-refractivity contribution in [1.82, 2.24) is 20.9 Å². The van der Waals surface area contributed by atoms with Crippen LogP contribution in [0.1, 0.15) is 45.2 Å². The number of carbonyl (C=O) groups is 1. The number of hydrogen-bond acceptors (Lipinski definition) is 4. The van der Waals surface area contributed by atoms with Crippen molar-refractivity contribution in [2.75, 3.05) is 40.3 Å². The molecule has 8 heteroatoms. The lowest BCUT2D eigenvalue weighted by atomic mass is 10.1. The monoisotopic (exact) mass is 517 g/mol. The number of halogens is 1. The number of rotatable bonds is 7. The SMILES string of the molecule is CN=C(NCC(=O)NC(C)(C)C)NCC(c1ccc(OC)cc1)N1CCCC1.I. The summed E-state index contributed by atoms with van der Waals surface area (Å²) in [5, 5.41) is 9.41. The topological polar surface area (TPSA) is 78.0 Å². The second-order valence-corrected chi connectivity index (χ2v) is 8.14. The van der Waals surface area contributed by atoms with Crippen LogP contribution in [0, 0.1) is 0 Å².